The number of nitrogens with one attached hydrogen (secondary N) is 1. The summed E-state index contributed by atoms with van der Waals surface area (Å²) in [7, 11) is 0. The molecule has 27 heavy (non-hydrogen) atoms. The van der Waals surface area contributed by atoms with Gasteiger partial charge in [0.25, 0.3) is 0 Å². The van der Waals surface area contributed by atoms with Gasteiger partial charge in [-0.2, -0.15) is 4.98 Å². The molecule has 0 saturated carbocycles. The van der Waals surface area contributed by atoms with E-state index >= 15 is 0 Å². The number of hydrogen-bond acceptors (Lipinski definition) is 4. The Morgan fingerprint density at radius 2 is 2.11 bits per heavy atom. The fraction of sp³-hybridized carbons (Fsp3) is 0.211. The highest BCUT2D eigenvalue weighted by molar-refractivity contribution is 9.10. The molecule has 2 aromatic carbocycles. The Morgan fingerprint density at radius 3 is 2.85 bits per heavy atom. The molecule has 8 heteroatoms. The molecule has 0 aliphatic carbocycles. The topological polar surface area (TPSA) is 68.0 Å². The lowest BCUT2D eigenvalue weighted by atomic mass is 10.1. The summed E-state index contributed by atoms with van der Waals surface area (Å²) in [4.78, 5) is 16.2. The average Bonchev–Trinajstić information content (AvgIpc) is 3.10. The van der Waals surface area contributed by atoms with E-state index in [9.17, 15) is 9.18 Å². The molecular weight excluding hydrogens is 437 g/mol. The van der Waals surface area contributed by atoms with E-state index in [0.29, 0.717) is 40.8 Å². The van der Waals surface area contributed by atoms with Gasteiger partial charge in [-0.15, -0.1) is 0 Å². The number of benzene rings is 2. The first kappa shape index (κ1) is 19.5. The highest BCUT2D eigenvalue weighted by Gasteiger charge is 2.12. The average molecular weight is 453 g/mol. The molecule has 0 aliphatic heterocycles. The van der Waals surface area contributed by atoms with E-state index in [-0.39, 0.29) is 18.1 Å². The van der Waals surface area contributed by atoms with Crippen LogP contribution in [0.2, 0.25) is 5.02 Å². The van der Waals surface area contributed by atoms with Crippen molar-refractivity contribution < 1.29 is 13.7 Å². The van der Waals surface area contributed by atoms with Crippen molar-refractivity contribution in [1.29, 1.82) is 0 Å². The van der Waals surface area contributed by atoms with Crippen LogP contribution in [0.5, 0.6) is 0 Å². The number of aromatic nitrogens is 2. The van der Waals surface area contributed by atoms with Crippen LogP contribution in [-0.4, -0.2) is 16.0 Å². The Balaban J connectivity index is 1.53. The molecule has 3 aromatic rings. The molecule has 0 spiro atoms. The van der Waals surface area contributed by atoms with Gasteiger partial charge in [-0.1, -0.05) is 50.9 Å². The van der Waals surface area contributed by atoms with E-state index in [1.165, 1.54) is 6.07 Å². The second kappa shape index (κ2) is 8.63. The third-order valence-electron chi connectivity index (χ3n) is 3.96. The van der Waals surface area contributed by atoms with Crippen molar-refractivity contribution in [2.75, 3.05) is 0 Å². The lowest BCUT2D eigenvalue weighted by molar-refractivity contribution is -0.121. The third kappa shape index (κ3) is 5.14. The van der Waals surface area contributed by atoms with Crippen LogP contribution in [0.3, 0.4) is 0 Å². The van der Waals surface area contributed by atoms with Crippen molar-refractivity contribution in [3.8, 4) is 11.4 Å². The van der Waals surface area contributed by atoms with Crippen molar-refractivity contribution >= 4 is 33.4 Å². The van der Waals surface area contributed by atoms with E-state index in [1.54, 1.807) is 25.1 Å². The summed E-state index contributed by atoms with van der Waals surface area (Å²) >= 11 is 9.46. The second-order valence-electron chi connectivity index (χ2n) is 5.99. The van der Waals surface area contributed by atoms with Gasteiger partial charge in [0.2, 0.25) is 17.6 Å². The summed E-state index contributed by atoms with van der Waals surface area (Å²) < 4.78 is 19.7. The maximum atomic E-state index is 13.6. The van der Waals surface area contributed by atoms with Gasteiger partial charge in [0.05, 0.1) is 0 Å². The summed E-state index contributed by atoms with van der Waals surface area (Å²) in [6.45, 7) is 2.02. The van der Waals surface area contributed by atoms with Crippen LogP contribution < -0.4 is 5.32 Å². The molecule has 1 heterocycles. The van der Waals surface area contributed by atoms with E-state index < -0.39 is 0 Å². The molecule has 0 radical (unpaired) electrons. The predicted octanol–water partition coefficient (Wildman–Crippen LogP) is 4.85. The first-order chi connectivity index (χ1) is 12.9. The quantitative estimate of drug-likeness (QED) is 0.580. The Bertz CT molecular complexity index is 977. The number of carbonyl (C=O) groups is 1. The smallest absolute Gasteiger partial charge is 0.227 e. The number of amides is 1. The summed E-state index contributed by atoms with van der Waals surface area (Å²) in [5, 5.41) is 7.23. The lowest BCUT2D eigenvalue weighted by Gasteiger charge is -2.06. The van der Waals surface area contributed by atoms with Crippen LogP contribution in [0.4, 0.5) is 4.39 Å². The molecule has 1 aromatic heterocycles. The third-order valence-corrected chi connectivity index (χ3v) is 4.80. The van der Waals surface area contributed by atoms with Crippen LogP contribution in [0.25, 0.3) is 11.4 Å². The van der Waals surface area contributed by atoms with Gasteiger partial charge in [0, 0.05) is 34.4 Å². The zero-order chi connectivity index (χ0) is 19.4. The number of rotatable bonds is 6. The summed E-state index contributed by atoms with van der Waals surface area (Å²) in [5.41, 5.74) is 1.90. The van der Waals surface area contributed by atoms with Crippen LogP contribution in [0.1, 0.15) is 23.4 Å². The van der Waals surface area contributed by atoms with Gasteiger partial charge in [-0.05, 0) is 36.2 Å². The van der Waals surface area contributed by atoms with Crippen molar-refractivity contribution in [3.05, 3.63) is 68.7 Å². The summed E-state index contributed by atoms with van der Waals surface area (Å²) in [6, 6.07) is 10.2. The summed E-state index contributed by atoms with van der Waals surface area (Å²) in [5.74, 6) is 0.133. The molecule has 1 amide bonds. The van der Waals surface area contributed by atoms with E-state index in [1.807, 2.05) is 12.1 Å². The fourth-order valence-electron chi connectivity index (χ4n) is 2.37. The molecule has 0 atom stereocenters. The van der Waals surface area contributed by atoms with Crippen LogP contribution in [-0.2, 0) is 17.8 Å². The molecule has 1 N–H and O–H groups in total. The Kier molecular flexibility index (Phi) is 6.23. The minimum absolute atomic E-state index is 0.157. The van der Waals surface area contributed by atoms with E-state index in [2.05, 4.69) is 31.4 Å². The van der Waals surface area contributed by atoms with Gasteiger partial charge >= 0.3 is 0 Å². The van der Waals surface area contributed by atoms with Crippen LogP contribution >= 0.6 is 27.5 Å². The normalized spacial score (nSPS) is 10.8. The molecule has 0 aliphatic rings. The fourth-order valence-corrected chi connectivity index (χ4v) is 3.11. The number of carbonyl (C=O) groups excluding carboxylic acids is 1. The standard InChI is InChI=1S/C19H16BrClFN3O2/c1-11-2-3-12(8-16(11)22)19-24-18(27-25-19)7-6-17(26)23-10-13-4-5-14(20)9-15(13)21/h2-5,8-9H,6-7,10H2,1H3,(H,23,26). The Labute approximate surface area is 169 Å². The largest absolute Gasteiger partial charge is 0.352 e. The van der Waals surface area contributed by atoms with Gasteiger partial charge in [-0.25, -0.2) is 4.39 Å². The summed E-state index contributed by atoms with van der Waals surface area (Å²) in [6.07, 6.45) is 0.485. The monoisotopic (exact) mass is 451 g/mol. The Morgan fingerprint density at radius 1 is 1.30 bits per heavy atom. The molecule has 0 unspecified atom stereocenters. The van der Waals surface area contributed by atoms with Crippen LogP contribution in [0, 0.1) is 12.7 Å². The maximum absolute atomic E-state index is 13.6. The maximum Gasteiger partial charge on any atom is 0.227 e. The van der Waals surface area contributed by atoms with Gasteiger partial charge < -0.3 is 9.84 Å². The molecule has 0 fully saturated rings. The first-order valence-corrected chi connectivity index (χ1v) is 9.39. The molecule has 0 bridgehead atoms. The minimum Gasteiger partial charge on any atom is -0.352 e. The molecule has 0 saturated heterocycles. The lowest BCUT2D eigenvalue weighted by Crippen LogP contribution is -2.23. The van der Waals surface area contributed by atoms with Crippen molar-refractivity contribution in [1.82, 2.24) is 15.5 Å². The van der Waals surface area contributed by atoms with Crippen molar-refractivity contribution in [2.45, 2.75) is 26.3 Å². The second-order valence-corrected chi connectivity index (χ2v) is 7.31. The van der Waals surface area contributed by atoms with Gasteiger partial charge in [0.15, 0.2) is 0 Å². The van der Waals surface area contributed by atoms with Crippen molar-refractivity contribution in [3.63, 3.8) is 0 Å². The van der Waals surface area contributed by atoms with Gasteiger partial charge in [0.1, 0.15) is 5.82 Å². The molecule has 140 valence electrons. The zero-order valence-electron chi connectivity index (χ0n) is 14.4. The van der Waals surface area contributed by atoms with Crippen LogP contribution in [0.15, 0.2) is 45.4 Å². The minimum atomic E-state index is -0.329. The van der Waals surface area contributed by atoms with E-state index in [4.69, 9.17) is 16.1 Å². The van der Waals surface area contributed by atoms with Crippen molar-refractivity contribution in [2.24, 2.45) is 0 Å². The number of hydrogen-bond donors (Lipinski definition) is 1. The molecule has 5 nitrogen and oxygen atoms in total. The number of halogens is 3. The highest BCUT2D eigenvalue weighted by atomic mass is 79.9. The number of nitrogens with zero attached hydrogens (tertiary/aromatic N) is 2. The highest BCUT2D eigenvalue weighted by Crippen LogP contribution is 2.21. The molecule has 3 rings (SSSR count). The first-order valence-electron chi connectivity index (χ1n) is 8.22. The number of aryl methyl sites for hydroxylation is 2. The predicted molar refractivity (Wildman–Crippen MR) is 104 cm³/mol. The SMILES string of the molecule is Cc1ccc(-c2noc(CCC(=O)NCc3ccc(Br)cc3Cl)n2)cc1F. The Hall–Kier alpha value is -2.25. The van der Waals surface area contributed by atoms with Gasteiger partial charge in [-0.3, -0.25) is 4.79 Å². The molecular formula is C19H16BrClFN3O2. The van der Waals surface area contributed by atoms with E-state index in [0.717, 1.165) is 10.0 Å². The zero-order valence-corrected chi connectivity index (χ0v) is 16.8.